The lowest BCUT2D eigenvalue weighted by Gasteiger charge is -2.44. The summed E-state index contributed by atoms with van der Waals surface area (Å²) in [5, 5.41) is 29.6. The average Bonchev–Trinajstić information content (AvgIpc) is 3.86. The van der Waals surface area contributed by atoms with Gasteiger partial charge in [-0.1, -0.05) is 44.2 Å². The largest absolute Gasteiger partial charge is 0.463 e. The number of nitrogens with two attached hydrogens (primary N) is 1. The molecule has 0 bridgehead atoms. The number of amidine groups is 1. The summed E-state index contributed by atoms with van der Waals surface area (Å²) < 4.78 is 44.8. The fraction of sp³-hybridized carbons (Fsp3) is 0.683. The van der Waals surface area contributed by atoms with Crippen molar-refractivity contribution in [2.24, 2.45) is 34.8 Å². The third-order valence-corrected chi connectivity index (χ3v) is 12.2. The van der Waals surface area contributed by atoms with E-state index in [9.17, 15) is 28.6 Å². The molecule has 9 atom stereocenters. The molecule has 6 N–H and O–H groups in total. The number of carbonyl (C=O) groups is 2. The molecule has 5 fully saturated rings. The third-order valence-electron chi connectivity index (χ3n) is 12.2. The number of fused-ring (bicyclic) bond motifs is 1. The van der Waals surface area contributed by atoms with Crippen LogP contribution in [0.2, 0.25) is 0 Å². The van der Waals surface area contributed by atoms with E-state index in [1.807, 2.05) is 0 Å². The van der Waals surface area contributed by atoms with Gasteiger partial charge >= 0.3 is 17.9 Å². The minimum absolute atomic E-state index is 0.0209. The number of aliphatic hydroxyl groups excluding tert-OH is 2. The normalized spacial score (nSPS) is 34.0. The molecular weight excluding hydrogens is 684 g/mol. The van der Waals surface area contributed by atoms with Crippen molar-refractivity contribution in [3.05, 3.63) is 59.9 Å². The summed E-state index contributed by atoms with van der Waals surface area (Å²) in [6.45, 7) is 8.34. The van der Waals surface area contributed by atoms with Crippen molar-refractivity contribution in [2.45, 2.75) is 140 Å². The van der Waals surface area contributed by atoms with Gasteiger partial charge in [0.05, 0.1) is 6.10 Å². The monoisotopic (exact) mass is 743 g/mol. The molecule has 1 saturated heterocycles. The van der Waals surface area contributed by atoms with E-state index in [1.54, 1.807) is 0 Å². The maximum Gasteiger partial charge on any atom is 0.319 e. The van der Waals surface area contributed by atoms with Gasteiger partial charge in [0.1, 0.15) is 24.7 Å². The fourth-order valence-electron chi connectivity index (χ4n) is 8.96. The van der Waals surface area contributed by atoms with Crippen LogP contribution in [0.3, 0.4) is 0 Å². The molecule has 1 aliphatic heterocycles. The predicted octanol–water partition coefficient (Wildman–Crippen LogP) is 6.53. The molecule has 1 heterocycles. The third kappa shape index (κ3) is 10.2. The highest BCUT2D eigenvalue weighted by Crippen LogP contribution is 2.59. The highest BCUT2D eigenvalue weighted by molar-refractivity contribution is 5.88. The quantitative estimate of drug-likeness (QED) is 0.0389. The first-order chi connectivity index (χ1) is 25.2. The second-order valence-corrected chi connectivity index (χ2v) is 16.0. The van der Waals surface area contributed by atoms with Crippen LogP contribution in [-0.2, 0) is 23.8 Å². The molecular formula is C41H59F2N3O7. The predicted molar refractivity (Wildman–Crippen MR) is 197 cm³/mol. The average molecular weight is 744 g/mol. The molecule has 0 amide bonds. The number of esters is 2. The maximum atomic E-state index is 14.4. The summed E-state index contributed by atoms with van der Waals surface area (Å²) in [6.07, 6.45) is 16.4. The molecule has 0 aromatic heterocycles. The lowest BCUT2D eigenvalue weighted by molar-refractivity contribution is -0.151. The molecule has 0 radical (unpaired) electrons. The molecule has 0 aromatic carbocycles. The van der Waals surface area contributed by atoms with E-state index in [1.165, 1.54) is 36.8 Å². The van der Waals surface area contributed by atoms with Gasteiger partial charge < -0.3 is 35.5 Å². The van der Waals surface area contributed by atoms with Gasteiger partial charge in [-0.25, -0.2) is 0 Å². The molecule has 6 unspecified atom stereocenters. The van der Waals surface area contributed by atoms with E-state index < -0.39 is 43.0 Å². The second kappa shape index (κ2) is 17.9. The van der Waals surface area contributed by atoms with Crippen LogP contribution in [0, 0.1) is 34.5 Å². The number of carbonyl (C=O) groups excluding carboxylic acids is 2. The van der Waals surface area contributed by atoms with Crippen molar-refractivity contribution in [3.63, 3.8) is 0 Å². The van der Waals surface area contributed by atoms with Gasteiger partial charge in [0.15, 0.2) is 12.3 Å². The van der Waals surface area contributed by atoms with Crippen molar-refractivity contribution < 1.29 is 42.8 Å². The number of hydrogen-bond acceptors (Lipinski definition) is 9. The standard InChI is InChI=1S/C41H59F2N3O7/c1-25(30-18-19-31-28(9-7-22-40(30,31)3)15-14-27-8-6-10-32(47)26(27)2)13-20-33(29-16-17-29)52-37(49)12-5-4-11-36(48)51-24-34-38(50)41(42,43)39(53-34)46-23-21-35(44)45/h13-15,20-21,23,25,29-34,38-39,46-47,50H,2,4-12,16-19,22,24H2,1,3H3,(H3,44,45)/b20-13+,23-21-,27-14-,28-15+/t25-,30?,31?,32-,33?,34?,38?,39?,40+/m0/s1. The Kier molecular flexibility index (Phi) is 13.8. The molecule has 53 heavy (non-hydrogen) atoms. The molecule has 5 aliphatic rings. The summed E-state index contributed by atoms with van der Waals surface area (Å²) in [5.41, 5.74) is 8.96. The van der Waals surface area contributed by atoms with E-state index >= 15 is 0 Å². The first-order valence-corrected chi connectivity index (χ1v) is 19.5. The molecule has 12 heteroatoms. The van der Waals surface area contributed by atoms with E-state index in [2.05, 4.69) is 50.0 Å². The molecule has 0 aromatic rings. The van der Waals surface area contributed by atoms with E-state index in [0.29, 0.717) is 36.5 Å². The minimum atomic E-state index is -3.66. The number of hydrogen-bond donors (Lipinski definition) is 5. The number of alkyl halides is 2. The van der Waals surface area contributed by atoms with Crippen LogP contribution < -0.4 is 11.1 Å². The van der Waals surface area contributed by atoms with Gasteiger partial charge in [0, 0.05) is 19.0 Å². The van der Waals surface area contributed by atoms with Crippen LogP contribution in [0.4, 0.5) is 8.78 Å². The Bertz CT molecular complexity index is 1470. The zero-order chi connectivity index (χ0) is 38.3. The second-order valence-electron chi connectivity index (χ2n) is 16.0. The van der Waals surface area contributed by atoms with Gasteiger partial charge in [-0.3, -0.25) is 15.0 Å². The molecule has 294 valence electrons. The van der Waals surface area contributed by atoms with Crippen LogP contribution in [0.1, 0.15) is 104 Å². The zero-order valence-corrected chi connectivity index (χ0v) is 31.2. The summed E-state index contributed by atoms with van der Waals surface area (Å²) in [6, 6.07) is 0. The highest BCUT2D eigenvalue weighted by atomic mass is 19.3. The number of nitrogens with one attached hydrogen (secondary N) is 2. The number of aliphatic hydroxyl groups is 2. The SMILES string of the molecule is C=C1/C(=C\C=C2/CCC[C@@]3(C)C2CCC3[C@@H](C)/C=C/C(OC(=O)CCCCC(=O)OCC2OC(N/C=C\C(=N)N)C(F)(F)C2O)C2CC2)CCC[C@@H]1O. The lowest BCUT2D eigenvalue weighted by Crippen LogP contribution is -2.45. The molecule has 4 aliphatic carbocycles. The molecule has 5 rings (SSSR count). The number of rotatable bonds is 16. The molecule has 4 saturated carbocycles. The van der Waals surface area contributed by atoms with Gasteiger partial charge in [0.2, 0.25) is 0 Å². The Morgan fingerprint density at radius 3 is 2.53 bits per heavy atom. The first kappa shape index (κ1) is 40.8. The summed E-state index contributed by atoms with van der Waals surface area (Å²) in [4.78, 5) is 25.1. The fourth-order valence-corrected chi connectivity index (χ4v) is 8.96. The Hall–Kier alpha value is -3.35. The minimum Gasteiger partial charge on any atom is -0.463 e. The van der Waals surface area contributed by atoms with Gasteiger partial charge in [0.25, 0.3) is 0 Å². The summed E-state index contributed by atoms with van der Waals surface area (Å²) in [5.74, 6) is -3.21. The van der Waals surface area contributed by atoms with Crippen molar-refractivity contribution in [3.8, 4) is 0 Å². The molecule has 10 nitrogen and oxygen atoms in total. The van der Waals surface area contributed by atoms with Crippen molar-refractivity contribution in [1.82, 2.24) is 5.32 Å². The molecule has 0 spiro atoms. The smallest absolute Gasteiger partial charge is 0.319 e. The van der Waals surface area contributed by atoms with Crippen LogP contribution in [0.25, 0.3) is 0 Å². The van der Waals surface area contributed by atoms with Crippen molar-refractivity contribution in [1.29, 1.82) is 5.41 Å². The number of allylic oxidation sites excluding steroid dienone is 4. The van der Waals surface area contributed by atoms with Crippen molar-refractivity contribution in [2.75, 3.05) is 6.61 Å². The highest BCUT2D eigenvalue weighted by Gasteiger charge is 2.58. The Balaban J connectivity index is 1.04. The van der Waals surface area contributed by atoms with Gasteiger partial charge in [-0.05, 0) is 129 Å². The van der Waals surface area contributed by atoms with E-state index in [-0.39, 0.29) is 36.2 Å². The van der Waals surface area contributed by atoms with E-state index in [0.717, 1.165) is 56.4 Å². The number of unbranched alkanes of at least 4 members (excludes halogenated alkanes) is 1. The van der Waals surface area contributed by atoms with E-state index in [4.69, 9.17) is 25.4 Å². The lowest BCUT2D eigenvalue weighted by atomic mass is 9.61. The van der Waals surface area contributed by atoms with Crippen LogP contribution in [0.15, 0.2) is 59.9 Å². The van der Waals surface area contributed by atoms with Gasteiger partial charge in [-0.15, -0.1) is 0 Å². The Morgan fingerprint density at radius 1 is 1.08 bits per heavy atom. The topological polar surface area (TPSA) is 164 Å². The van der Waals surface area contributed by atoms with Crippen LogP contribution in [-0.4, -0.2) is 71.2 Å². The van der Waals surface area contributed by atoms with Crippen molar-refractivity contribution >= 4 is 17.8 Å². The zero-order valence-electron chi connectivity index (χ0n) is 31.2. The van der Waals surface area contributed by atoms with Crippen LogP contribution in [0.5, 0.6) is 0 Å². The Morgan fingerprint density at radius 2 is 1.81 bits per heavy atom. The van der Waals surface area contributed by atoms with Gasteiger partial charge in [-0.2, -0.15) is 8.78 Å². The summed E-state index contributed by atoms with van der Waals surface area (Å²) in [7, 11) is 0. The Labute approximate surface area is 312 Å². The number of halogens is 2. The maximum absolute atomic E-state index is 14.4. The summed E-state index contributed by atoms with van der Waals surface area (Å²) >= 11 is 0. The first-order valence-electron chi connectivity index (χ1n) is 19.5. The van der Waals surface area contributed by atoms with Crippen LogP contribution >= 0.6 is 0 Å². The number of ether oxygens (including phenoxy) is 3.